The fourth-order valence-corrected chi connectivity index (χ4v) is 3.29. The van der Waals surface area contributed by atoms with Gasteiger partial charge < -0.3 is 9.64 Å². The maximum atomic E-state index is 12.9. The number of rotatable bonds is 5. The van der Waals surface area contributed by atoms with E-state index >= 15 is 0 Å². The molecule has 1 aromatic rings. The van der Waals surface area contributed by atoms with Crippen LogP contribution >= 0.6 is 11.3 Å². The van der Waals surface area contributed by atoms with Crippen LogP contribution in [0.4, 0.5) is 5.13 Å². The zero-order valence-corrected chi connectivity index (χ0v) is 15.1. The lowest BCUT2D eigenvalue weighted by atomic mass is 9.91. The Hall–Kier alpha value is -2.39. The van der Waals surface area contributed by atoms with Gasteiger partial charge in [0.2, 0.25) is 5.13 Å². The number of fused-ring (bicyclic) bond motifs is 1. The molecule has 0 spiro atoms. The molecule has 0 aliphatic carbocycles. The number of nitrogens with zero attached hydrogens (tertiary/aromatic N) is 4. The molecule has 0 unspecified atom stereocenters. The molecular formula is C16H19N5O3S. The molecule has 2 aliphatic rings. The molecule has 25 heavy (non-hydrogen) atoms. The molecule has 1 aromatic heterocycles. The third-order valence-corrected chi connectivity index (χ3v) is 4.77. The Kier molecular flexibility index (Phi) is 4.78. The SMILES string of the molecule is CCOCc1nnc(NC(=O)[C@]2(C)CC(=O)N=C3C=C(C)C=CN32)s1. The maximum absolute atomic E-state index is 12.9. The lowest BCUT2D eigenvalue weighted by Crippen LogP contribution is -2.58. The Labute approximate surface area is 149 Å². The lowest BCUT2D eigenvalue weighted by Gasteiger charge is -2.41. The van der Waals surface area contributed by atoms with Crippen LogP contribution in [0.2, 0.25) is 0 Å². The Morgan fingerprint density at radius 3 is 3.04 bits per heavy atom. The van der Waals surface area contributed by atoms with Crippen molar-refractivity contribution in [3.05, 3.63) is 28.9 Å². The minimum atomic E-state index is -1.08. The van der Waals surface area contributed by atoms with Crippen molar-refractivity contribution in [1.29, 1.82) is 0 Å². The van der Waals surface area contributed by atoms with E-state index in [1.807, 2.05) is 19.9 Å². The molecule has 0 fully saturated rings. The number of carbonyl (C=O) groups is 2. The molecule has 0 bridgehead atoms. The second kappa shape index (κ2) is 6.85. The number of carbonyl (C=O) groups excluding carboxylic acids is 2. The summed E-state index contributed by atoms with van der Waals surface area (Å²) in [6.45, 7) is 6.46. The summed E-state index contributed by atoms with van der Waals surface area (Å²) >= 11 is 1.25. The van der Waals surface area contributed by atoms with E-state index in [2.05, 4.69) is 20.5 Å². The average molecular weight is 361 g/mol. The van der Waals surface area contributed by atoms with Crippen molar-refractivity contribution in [2.75, 3.05) is 11.9 Å². The summed E-state index contributed by atoms with van der Waals surface area (Å²) in [5, 5.41) is 11.8. The van der Waals surface area contributed by atoms with Crippen molar-refractivity contribution in [2.24, 2.45) is 4.99 Å². The van der Waals surface area contributed by atoms with Crippen LogP contribution in [-0.2, 0) is 20.9 Å². The highest BCUT2D eigenvalue weighted by Crippen LogP contribution is 2.30. The summed E-state index contributed by atoms with van der Waals surface area (Å²) in [5.41, 5.74) is -0.106. The first-order valence-electron chi connectivity index (χ1n) is 7.91. The summed E-state index contributed by atoms with van der Waals surface area (Å²) in [6.07, 6.45) is 5.43. The number of aromatic nitrogens is 2. The second-order valence-electron chi connectivity index (χ2n) is 5.98. The van der Waals surface area contributed by atoms with Gasteiger partial charge in [0.1, 0.15) is 23.0 Å². The number of hydrogen-bond acceptors (Lipinski definition) is 7. The minimum absolute atomic E-state index is 0.00975. The molecule has 1 N–H and O–H groups in total. The number of aliphatic imine (C=N–C) groups is 1. The Bertz CT molecular complexity index is 797. The first kappa shape index (κ1) is 17.4. The van der Waals surface area contributed by atoms with Crippen LogP contribution in [0.3, 0.4) is 0 Å². The predicted octanol–water partition coefficient (Wildman–Crippen LogP) is 1.88. The topological polar surface area (TPSA) is 96.8 Å². The fourth-order valence-electron chi connectivity index (χ4n) is 2.61. The van der Waals surface area contributed by atoms with Crippen LogP contribution in [0.15, 0.2) is 28.9 Å². The fraction of sp³-hybridized carbons (Fsp3) is 0.438. The normalized spacial score (nSPS) is 22.4. The van der Waals surface area contributed by atoms with Gasteiger partial charge in [0, 0.05) is 12.8 Å². The van der Waals surface area contributed by atoms with Crippen molar-refractivity contribution in [3.63, 3.8) is 0 Å². The molecule has 1 atom stereocenters. The van der Waals surface area contributed by atoms with Gasteiger partial charge >= 0.3 is 0 Å². The summed E-state index contributed by atoms with van der Waals surface area (Å²) in [4.78, 5) is 30.7. The monoisotopic (exact) mass is 361 g/mol. The lowest BCUT2D eigenvalue weighted by molar-refractivity contribution is -0.130. The van der Waals surface area contributed by atoms with E-state index in [1.54, 1.807) is 24.1 Å². The molecule has 8 nitrogen and oxygen atoms in total. The molecule has 0 saturated carbocycles. The van der Waals surface area contributed by atoms with Crippen molar-refractivity contribution < 1.29 is 14.3 Å². The van der Waals surface area contributed by atoms with E-state index < -0.39 is 5.54 Å². The Morgan fingerprint density at radius 2 is 2.28 bits per heavy atom. The molecule has 0 aromatic carbocycles. The van der Waals surface area contributed by atoms with Crippen molar-refractivity contribution >= 4 is 34.1 Å². The summed E-state index contributed by atoms with van der Waals surface area (Å²) in [6, 6.07) is 0. The van der Waals surface area contributed by atoms with Gasteiger partial charge in [-0.15, -0.1) is 10.2 Å². The quantitative estimate of drug-likeness (QED) is 0.860. The number of ether oxygens (including phenoxy) is 1. The van der Waals surface area contributed by atoms with E-state index in [9.17, 15) is 9.59 Å². The highest BCUT2D eigenvalue weighted by Gasteiger charge is 2.45. The Balaban J connectivity index is 1.79. The number of amides is 2. The average Bonchev–Trinajstić information content (AvgIpc) is 2.99. The molecule has 3 heterocycles. The molecular weight excluding hydrogens is 342 g/mol. The van der Waals surface area contributed by atoms with Crippen molar-refractivity contribution in [1.82, 2.24) is 15.1 Å². The number of amidine groups is 1. The maximum Gasteiger partial charge on any atom is 0.252 e. The second-order valence-corrected chi connectivity index (χ2v) is 7.04. The standard InChI is InChI=1S/C16H19N5O3S/c1-4-24-9-13-19-20-15(25-13)18-14(23)16(3)8-12(22)17-11-7-10(2)5-6-21(11)16/h5-7H,4,8-9H2,1-3H3,(H,18,20,23)/t16-/m0/s1. The van der Waals surface area contributed by atoms with E-state index in [-0.39, 0.29) is 18.2 Å². The van der Waals surface area contributed by atoms with Crippen LogP contribution in [0, 0.1) is 0 Å². The van der Waals surface area contributed by atoms with Gasteiger partial charge in [-0.05, 0) is 38.5 Å². The van der Waals surface area contributed by atoms with Gasteiger partial charge in [0.25, 0.3) is 11.8 Å². The smallest absolute Gasteiger partial charge is 0.252 e. The molecule has 2 aliphatic heterocycles. The number of allylic oxidation sites excluding steroid dienone is 2. The zero-order chi connectivity index (χ0) is 18.0. The summed E-state index contributed by atoms with van der Waals surface area (Å²) in [7, 11) is 0. The highest BCUT2D eigenvalue weighted by atomic mass is 32.1. The van der Waals surface area contributed by atoms with Crippen LogP contribution in [0.5, 0.6) is 0 Å². The highest BCUT2D eigenvalue weighted by molar-refractivity contribution is 7.15. The first-order chi connectivity index (χ1) is 11.9. The van der Waals surface area contributed by atoms with Crippen LogP contribution in [-0.4, -0.2) is 44.9 Å². The van der Waals surface area contributed by atoms with Crippen LogP contribution < -0.4 is 5.32 Å². The molecule has 2 amide bonds. The zero-order valence-electron chi connectivity index (χ0n) is 14.3. The van der Waals surface area contributed by atoms with E-state index in [0.29, 0.717) is 29.2 Å². The first-order valence-corrected chi connectivity index (χ1v) is 8.73. The minimum Gasteiger partial charge on any atom is -0.374 e. The van der Waals surface area contributed by atoms with Crippen molar-refractivity contribution in [2.45, 2.75) is 39.3 Å². The molecule has 0 radical (unpaired) electrons. The molecule has 9 heteroatoms. The van der Waals surface area contributed by atoms with E-state index in [4.69, 9.17) is 4.74 Å². The van der Waals surface area contributed by atoms with Crippen LogP contribution in [0.1, 0.15) is 32.2 Å². The largest absolute Gasteiger partial charge is 0.374 e. The number of nitrogens with one attached hydrogen (secondary N) is 1. The van der Waals surface area contributed by atoms with Crippen LogP contribution in [0.25, 0.3) is 0 Å². The molecule has 3 rings (SSSR count). The van der Waals surface area contributed by atoms with Gasteiger partial charge in [0.05, 0.1) is 6.42 Å². The molecule has 0 saturated heterocycles. The van der Waals surface area contributed by atoms with E-state index in [1.165, 1.54) is 11.3 Å². The third-order valence-electron chi connectivity index (χ3n) is 3.96. The van der Waals surface area contributed by atoms with Gasteiger partial charge in [0.15, 0.2) is 0 Å². The van der Waals surface area contributed by atoms with Gasteiger partial charge in [-0.2, -0.15) is 4.99 Å². The van der Waals surface area contributed by atoms with Gasteiger partial charge in [-0.25, -0.2) is 0 Å². The third kappa shape index (κ3) is 3.52. The number of hydrogen-bond donors (Lipinski definition) is 1. The summed E-state index contributed by atoms with van der Waals surface area (Å²) in [5.74, 6) is -0.175. The summed E-state index contributed by atoms with van der Waals surface area (Å²) < 4.78 is 5.28. The van der Waals surface area contributed by atoms with Gasteiger partial charge in [-0.1, -0.05) is 11.3 Å². The Morgan fingerprint density at radius 1 is 1.48 bits per heavy atom. The van der Waals surface area contributed by atoms with E-state index in [0.717, 1.165) is 5.57 Å². The van der Waals surface area contributed by atoms with Crippen molar-refractivity contribution in [3.8, 4) is 0 Å². The molecule has 132 valence electrons. The predicted molar refractivity (Wildman–Crippen MR) is 94.1 cm³/mol. The number of anilines is 1. The van der Waals surface area contributed by atoms with Gasteiger partial charge in [-0.3, -0.25) is 14.9 Å².